The quantitative estimate of drug-likeness (QED) is 0.373. The number of amides is 2. The Kier molecular flexibility index (Phi) is 8.76. The topological polar surface area (TPSA) is 99.2 Å². The zero-order valence-corrected chi connectivity index (χ0v) is 22.6. The second-order valence-corrected chi connectivity index (χ2v) is 10.4. The first-order valence-corrected chi connectivity index (χ1v) is 13.9. The van der Waals surface area contributed by atoms with Gasteiger partial charge in [-0.3, -0.25) is 14.4 Å². The number of anilines is 2. The van der Waals surface area contributed by atoms with Crippen molar-refractivity contribution in [2.24, 2.45) is 5.92 Å². The summed E-state index contributed by atoms with van der Waals surface area (Å²) in [5.74, 6) is -1.01. The number of benzene rings is 3. The van der Waals surface area contributed by atoms with E-state index in [0.717, 1.165) is 60.4 Å². The summed E-state index contributed by atoms with van der Waals surface area (Å²) in [4.78, 5) is 41.2. The van der Waals surface area contributed by atoms with E-state index in [1.165, 1.54) is 0 Å². The molecule has 5 rings (SSSR count). The highest BCUT2D eigenvalue weighted by Gasteiger charge is 2.27. The van der Waals surface area contributed by atoms with Gasteiger partial charge in [-0.15, -0.1) is 0 Å². The van der Waals surface area contributed by atoms with Gasteiger partial charge in [0, 0.05) is 37.7 Å². The minimum Gasteiger partial charge on any atom is -0.481 e. The lowest BCUT2D eigenvalue weighted by Crippen LogP contribution is -2.37. The smallest absolute Gasteiger partial charge is 0.305 e. The van der Waals surface area contributed by atoms with E-state index in [1.807, 2.05) is 36.4 Å². The van der Waals surface area contributed by atoms with E-state index in [-0.39, 0.29) is 37.2 Å². The predicted molar refractivity (Wildman–Crippen MR) is 154 cm³/mol. The number of hydrogen-bond donors (Lipinski definition) is 2. The first kappa shape index (κ1) is 27.4. The maximum Gasteiger partial charge on any atom is 0.305 e. The number of carboxylic acid groups (broad SMARTS) is 1. The third kappa shape index (κ3) is 6.69. The molecule has 1 heterocycles. The van der Waals surface area contributed by atoms with E-state index in [2.05, 4.69) is 22.3 Å². The van der Waals surface area contributed by atoms with Gasteiger partial charge in [-0.25, -0.2) is 0 Å². The average molecular weight is 542 g/mol. The zero-order valence-electron chi connectivity index (χ0n) is 22.6. The Morgan fingerprint density at radius 3 is 2.38 bits per heavy atom. The van der Waals surface area contributed by atoms with Gasteiger partial charge in [0.1, 0.15) is 0 Å². The number of aliphatic carboxylic acids is 1. The third-order valence-corrected chi connectivity index (χ3v) is 7.62. The van der Waals surface area contributed by atoms with Crippen LogP contribution in [0.3, 0.4) is 0 Å². The minimum absolute atomic E-state index is 0.0696. The standard InChI is InChI=1S/C32H35N3O5/c36-30(37)14-15-35(32(39)25-7-2-1-3-8-25)22-23-6-4-11-26(20-23)27-12-13-29(34-16-18-40-19-17-34)28(21-27)33-31(38)24-9-5-10-24/h1-4,6-8,11-13,20-21,24H,5,9-10,14-19,22H2,(H,33,38)(H,36,37). The Hall–Kier alpha value is -4.17. The summed E-state index contributed by atoms with van der Waals surface area (Å²) in [5, 5.41) is 12.5. The van der Waals surface area contributed by atoms with Gasteiger partial charge in [0.25, 0.3) is 5.91 Å². The zero-order chi connectivity index (χ0) is 27.9. The van der Waals surface area contributed by atoms with Crippen LogP contribution in [0, 0.1) is 5.92 Å². The molecule has 0 bridgehead atoms. The number of hydrogen-bond acceptors (Lipinski definition) is 5. The molecule has 1 aliphatic carbocycles. The second-order valence-electron chi connectivity index (χ2n) is 10.4. The Balaban J connectivity index is 1.40. The van der Waals surface area contributed by atoms with Crippen molar-refractivity contribution >= 4 is 29.2 Å². The van der Waals surface area contributed by atoms with E-state index in [0.29, 0.717) is 18.8 Å². The number of nitrogens with one attached hydrogen (secondary N) is 1. The van der Waals surface area contributed by atoms with E-state index in [1.54, 1.807) is 29.2 Å². The average Bonchev–Trinajstić information content (AvgIpc) is 2.95. The molecular weight excluding hydrogens is 506 g/mol. The van der Waals surface area contributed by atoms with Crippen molar-refractivity contribution in [3.8, 4) is 11.1 Å². The molecule has 1 saturated heterocycles. The fraction of sp³-hybridized carbons (Fsp3) is 0.344. The molecule has 8 nitrogen and oxygen atoms in total. The van der Waals surface area contributed by atoms with Gasteiger partial charge in [0.05, 0.1) is 31.0 Å². The number of rotatable bonds is 10. The van der Waals surface area contributed by atoms with Crippen LogP contribution in [-0.4, -0.2) is 60.6 Å². The van der Waals surface area contributed by atoms with Gasteiger partial charge >= 0.3 is 5.97 Å². The van der Waals surface area contributed by atoms with Gasteiger partial charge in [-0.1, -0.05) is 48.9 Å². The number of carbonyl (C=O) groups is 3. The van der Waals surface area contributed by atoms with Crippen LogP contribution in [-0.2, 0) is 20.9 Å². The highest BCUT2D eigenvalue weighted by molar-refractivity contribution is 5.97. The van der Waals surface area contributed by atoms with Crippen molar-refractivity contribution < 1.29 is 24.2 Å². The van der Waals surface area contributed by atoms with Crippen LogP contribution >= 0.6 is 0 Å². The van der Waals surface area contributed by atoms with Crippen molar-refractivity contribution in [2.75, 3.05) is 43.1 Å². The van der Waals surface area contributed by atoms with Gasteiger partial charge in [-0.2, -0.15) is 0 Å². The summed E-state index contributed by atoms with van der Waals surface area (Å²) in [6.07, 6.45) is 2.82. The van der Waals surface area contributed by atoms with Crippen LogP contribution in [0.2, 0.25) is 0 Å². The normalized spacial score (nSPS) is 15.2. The summed E-state index contributed by atoms with van der Waals surface area (Å²) in [6, 6.07) is 23.0. The summed E-state index contributed by atoms with van der Waals surface area (Å²) in [7, 11) is 0. The van der Waals surface area contributed by atoms with Crippen LogP contribution in [0.4, 0.5) is 11.4 Å². The van der Waals surface area contributed by atoms with Crippen molar-refractivity contribution in [3.63, 3.8) is 0 Å². The first-order chi connectivity index (χ1) is 19.5. The highest BCUT2D eigenvalue weighted by Crippen LogP contribution is 2.35. The number of carbonyl (C=O) groups excluding carboxylic acids is 2. The van der Waals surface area contributed by atoms with Gasteiger partial charge in [0.2, 0.25) is 5.91 Å². The molecular formula is C32H35N3O5. The number of nitrogens with zero attached hydrogens (tertiary/aromatic N) is 2. The van der Waals surface area contributed by atoms with Gasteiger partial charge in [0.15, 0.2) is 0 Å². The predicted octanol–water partition coefficient (Wildman–Crippen LogP) is 5.05. The maximum atomic E-state index is 13.2. The Morgan fingerprint density at radius 1 is 0.925 bits per heavy atom. The largest absolute Gasteiger partial charge is 0.481 e. The number of carboxylic acids is 1. The van der Waals surface area contributed by atoms with Crippen molar-refractivity contribution in [3.05, 3.63) is 83.9 Å². The Labute approximate surface area is 234 Å². The lowest BCUT2D eigenvalue weighted by atomic mass is 9.85. The lowest BCUT2D eigenvalue weighted by molar-refractivity contribution is -0.137. The monoisotopic (exact) mass is 541 g/mol. The molecule has 0 unspecified atom stereocenters. The van der Waals surface area contributed by atoms with Gasteiger partial charge in [-0.05, 0) is 59.9 Å². The summed E-state index contributed by atoms with van der Waals surface area (Å²) >= 11 is 0. The molecule has 0 spiro atoms. The number of morpholine rings is 1. The van der Waals surface area contributed by atoms with Crippen molar-refractivity contribution in [1.82, 2.24) is 4.90 Å². The molecule has 2 amide bonds. The third-order valence-electron chi connectivity index (χ3n) is 7.62. The maximum absolute atomic E-state index is 13.2. The SMILES string of the molecule is O=C(O)CCN(Cc1cccc(-c2ccc(N3CCOCC3)c(NC(=O)C3CCC3)c2)c1)C(=O)c1ccccc1. The summed E-state index contributed by atoms with van der Waals surface area (Å²) in [6.45, 7) is 3.23. The van der Waals surface area contributed by atoms with Crippen LogP contribution in [0.1, 0.15) is 41.6 Å². The molecule has 8 heteroatoms. The van der Waals surface area contributed by atoms with Crippen LogP contribution in [0.25, 0.3) is 11.1 Å². The Bertz CT molecular complexity index is 1350. The van der Waals surface area contributed by atoms with E-state index >= 15 is 0 Å². The van der Waals surface area contributed by atoms with E-state index in [9.17, 15) is 19.5 Å². The fourth-order valence-corrected chi connectivity index (χ4v) is 5.12. The molecule has 2 N–H and O–H groups in total. The van der Waals surface area contributed by atoms with E-state index in [4.69, 9.17) is 4.74 Å². The fourth-order valence-electron chi connectivity index (χ4n) is 5.12. The molecule has 0 atom stereocenters. The van der Waals surface area contributed by atoms with Crippen molar-refractivity contribution in [2.45, 2.75) is 32.2 Å². The molecule has 1 saturated carbocycles. The molecule has 3 aromatic carbocycles. The minimum atomic E-state index is -0.948. The second kappa shape index (κ2) is 12.8. The van der Waals surface area contributed by atoms with Crippen LogP contribution in [0.5, 0.6) is 0 Å². The molecule has 0 aromatic heterocycles. The van der Waals surface area contributed by atoms with Crippen molar-refractivity contribution in [1.29, 1.82) is 0 Å². The van der Waals surface area contributed by atoms with Crippen LogP contribution in [0.15, 0.2) is 72.8 Å². The van der Waals surface area contributed by atoms with E-state index < -0.39 is 5.97 Å². The molecule has 208 valence electrons. The number of ether oxygens (including phenoxy) is 1. The molecule has 2 fully saturated rings. The van der Waals surface area contributed by atoms with Gasteiger partial charge < -0.3 is 25.0 Å². The molecule has 40 heavy (non-hydrogen) atoms. The molecule has 1 aliphatic heterocycles. The summed E-state index contributed by atoms with van der Waals surface area (Å²) in [5.41, 5.74) is 5.11. The first-order valence-electron chi connectivity index (χ1n) is 13.9. The molecule has 3 aromatic rings. The summed E-state index contributed by atoms with van der Waals surface area (Å²) < 4.78 is 5.53. The Morgan fingerprint density at radius 2 is 1.68 bits per heavy atom. The lowest BCUT2D eigenvalue weighted by Gasteiger charge is -2.32. The molecule has 2 aliphatic rings. The highest BCUT2D eigenvalue weighted by atomic mass is 16.5. The molecule has 0 radical (unpaired) electrons. The van der Waals surface area contributed by atoms with Crippen LogP contribution < -0.4 is 10.2 Å².